The Morgan fingerprint density at radius 3 is 2.74 bits per heavy atom. The lowest BCUT2D eigenvalue weighted by Gasteiger charge is -2.19. The van der Waals surface area contributed by atoms with Crippen LogP contribution in [0, 0.1) is 5.92 Å². The third kappa shape index (κ3) is 4.54. The molecule has 2 atom stereocenters. The van der Waals surface area contributed by atoms with E-state index in [1.807, 2.05) is 37.4 Å². The molecule has 2 heterocycles. The lowest BCUT2D eigenvalue weighted by Crippen LogP contribution is -2.21. The van der Waals surface area contributed by atoms with Gasteiger partial charge in [-0.25, -0.2) is 0 Å². The number of fused-ring (bicyclic) bond motifs is 4. The van der Waals surface area contributed by atoms with Crippen LogP contribution in [0.4, 0.5) is 5.69 Å². The highest BCUT2D eigenvalue weighted by Crippen LogP contribution is 2.33. The number of ether oxygens (including phenoxy) is 1. The number of pyridine rings is 1. The molecule has 1 aliphatic rings. The van der Waals surface area contributed by atoms with Gasteiger partial charge in [0.1, 0.15) is 0 Å². The van der Waals surface area contributed by atoms with Crippen LogP contribution in [0.5, 0.6) is 0 Å². The second kappa shape index (κ2) is 8.33. The average Bonchev–Trinajstić information content (AvgIpc) is 2.67. The van der Waals surface area contributed by atoms with Crippen LogP contribution in [0.3, 0.4) is 0 Å². The zero-order valence-electron chi connectivity index (χ0n) is 16.1. The zero-order chi connectivity index (χ0) is 19.4. The summed E-state index contributed by atoms with van der Waals surface area (Å²) < 4.78 is 4.76. The van der Waals surface area contributed by atoms with Crippen LogP contribution >= 0.6 is 0 Å². The number of benzene rings is 1. The summed E-state index contributed by atoms with van der Waals surface area (Å²) >= 11 is 0. The molecule has 1 aromatic carbocycles. The molecular weight excluding hydrogens is 340 g/mol. The highest BCUT2D eigenvalue weighted by molar-refractivity contribution is 5.97. The van der Waals surface area contributed by atoms with Crippen molar-refractivity contribution in [2.45, 2.75) is 45.4 Å². The monoisotopic (exact) mass is 366 g/mol. The number of nitrogens with zero attached hydrogens (tertiary/aromatic N) is 1. The van der Waals surface area contributed by atoms with Crippen molar-refractivity contribution in [1.82, 2.24) is 4.98 Å². The van der Waals surface area contributed by atoms with Gasteiger partial charge in [-0.3, -0.25) is 14.6 Å². The van der Waals surface area contributed by atoms with Crippen LogP contribution in [0.15, 0.2) is 36.5 Å². The molecule has 0 radical (unpaired) electrons. The molecule has 142 valence electrons. The number of amides is 1. The van der Waals surface area contributed by atoms with Crippen molar-refractivity contribution in [2.24, 2.45) is 5.92 Å². The first-order chi connectivity index (χ1) is 13.0. The summed E-state index contributed by atoms with van der Waals surface area (Å²) in [5, 5.41) is 3.07. The molecule has 2 bridgehead atoms. The molecule has 1 aliphatic heterocycles. The van der Waals surface area contributed by atoms with E-state index in [1.165, 1.54) is 7.11 Å². The zero-order valence-corrected chi connectivity index (χ0v) is 16.1. The fraction of sp³-hybridized carbons (Fsp3) is 0.409. The molecule has 1 N–H and O–H groups in total. The van der Waals surface area contributed by atoms with E-state index in [-0.39, 0.29) is 24.2 Å². The first-order valence-electron chi connectivity index (χ1n) is 9.45. The number of esters is 1. The second-order valence-electron chi connectivity index (χ2n) is 7.32. The smallest absolute Gasteiger partial charge is 0.309 e. The molecular formula is C22H26N2O3. The molecule has 0 saturated heterocycles. The maximum absolute atomic E-state index is 12.7. The Bertz CT molecular complexity index is 847. The topological polar surface area (TPSA) is 68.3 Å². The molecule has 5 heteroatoms. The van der Waals surface area contributed by atoms with Crippen molar-refractivity contribution in [3.05, 3.63) is 47.8 Å². The third-order valence-electron chi connectivity index (χ3n) is 5.24. The van der Waals surface area contributed by atoms with E-state index < -0.39 is 0 Å². The summed E-state index contributed by atoms with van der Waals surface area (Å²) in [6.07, 6.45) is 4.83. The van der Waals surface area contributed by atoms with Crippen LogP contribution in [0.1, 0.15) is 50.3 Å². The minimum Gasteiger partial charge on any atom is -0.469 e. The van der Waals surface area contributed by atoms with E-state index in [0.717, 1.165) is 47.3 Å². The first kappa shape index (κ1) is 19.1. The third-order valence-corrected chi connectivity index (χ3v) is 5.24. The SMILES string of the molecule is COC(=O)Cc1ccc2c(c1)NC(=O)[C@H](C)CCC[C@H](C)c1cc-2ccn1. The van der Waals surface area contributed by atoms with E-state index in [0.29, 0.717) is 5.92 Å². The van der Waals surface area contributed by atoms with Gasteiger partial charge in [-0.1, -0.05) is 32.4 Å². The largest absolute Gasteiger partial charge is 0.469 e. The van der Waals surface area contributed by atoms with E-state index in [2.05, 4.69) is 23.3 Å². The van der Waals surface area contributed by atoms with E-state index in [9.17, 15) is 9.59 Å². The van der Waals surface area contributed by atoms with Crippen molar-refractivity contribution in [1.29, 1.82) is 0 Å². The standard InChI is InChI=1S/C22H26N2O3/c1-14-5-4-6-15(2)22(26)24-20-11-16(12-21(25)27-3)7-8-18(20)17-9-10-23-19(14)13-17/h7-11,13-15H,4-6,12H2,1-3H3,(H,24,26)/t14-,15+/m0/s1. The molecule has 3 rings (SSSR count). The quantitative estimate of drug-likeness (QED) is 0.804. The van der Waals surface area contributed by atoms with Crippen LogP contribution in [0.2, 0.25) is 0 Å². The summed E-state index contributed by atoms with van der Waals surface area (Å²) in [6.45, 7) is 4.14. The number of carbonyl (C=O) groups excluding carboxylic acids is 2. The molecule has 5 nitrogen and oxygen atoms in total. The highest BCUT2D eigenvalue weighted by atomic mass is 16.5. The van der Waals surface area contributed by atoms with E-state index >= 15 is 0 Å². The van der Waals surface area contributed by atoms with Gasteiger partial charge < -0.3 is 10.1 Å². The van der Waals surface area contributed by atoms with Crippen molar-refractivity contribution in [3.63, 3.8) is 0 Å². The number of anilines is 1. The van der Waals surface area contributed by atoms with E-state index in [4.69, 9.17) is 4.74 Å². The lowest BCUT2D eigenvalue weighted by atomic mass is 9.92. The van der Waals surface area contributed by atoms with Crippen molar-refractivity contribution < 1.29 is 14.3 Å². The van der Waals surface area contributed by atoms with E-state index in [1.54, 1.807) is 0 Å². The Hall–Kier alpha value is -2.69. The van der Waals surface area contributed by atoms with Gasteiger partial charge in [0.15, 0.2) is 0 Å². The number of aromatic nitrogens is 1. The molecule has 0 unspecified atom stereocenters. The normalized spacial score (nSPS) is 19.9. The summed E-state index contributed by atoms with van der Waals surface area (Å²) in [5.41, 5.74) is 4.54. The Labute approximate surface area is 160 Å². The predicted octanol–water partition coefficient (Wildman–Crippen LogP) is 4.33. The molecule has 1 amide bonds. The van der Waals surface area contributed by atoms with Gasteiger partial charge in [0.2, 0.25) is 5.91 Å². The van der Waals surface area contributed by atoms with Gasteiger partial charge in [0.05, 0.1) is 13.5 Å². The average molecular weight is 366 g/mol. The van der Waals surface area contributed by atoms with Gasteiger partial charge in [0, 0.05) is 29.1 Å². The maximum Gasteiger partial charge on any atom is 0.309 e. The number of nitrogens with one attached hydrogen (secondary N) is 1. The van der Waals surface area contributed by atoms with Crippen LogP contribution in [-0.2, 0) is 20.7 Å². The lowest BCUT2D eigenvalue weighted by molar-refractivity contribution is -0.139. The molecule has 0 saturated carbocycles. The fourth-order valence-electron chi connectivity index (χ4n) is 3.45. The van der Waals surface area contributed by atoms with Gasteiger partial charge in [0.25, 0.3) is 0 Å². The van der Waals surface area contributed by atoms with Gasteiger partial charge >= 0.3 is 5.97 Å². The van der Waals surface area contributed by atoms with Crippen molar-refractivity contribution >= 4 is 17.6 Å². The van der Waals surface area contributed by atoms with Crippen molar-refractivity contribution in [2.75, 3.05) is 12.4 Å². The number of rotatable bonds is 2. The molecule has 0 fully saturated rings. The number of methoxy groups -OCH3 is 1. The molecule has 0 aliphatic carbocycles. The Morgan fingerprint density at radius 1 is 1.19 bits per heavy atom. The summed E-state index contributed by atoms with van der Waals surface area (Å²) in [6, 6.07) is 9.78. The second-order valence-corrected chi connectivity index (χ2v) is 7.32. The van der Waals surface area contributed by atoms with Crippen molar-refractivity contribution in [3.8, 4) is 11.1 Å². The van der Waals surface area contributed by atoms with Gasteiger partial charge in [-0.05, 0) is 48.1 Å². The Balaban J connectivity index is 2.07. The minimum atomic E-state index is -0.303. The van der Waals surface area contributed by atoms with Crippen LogP contribution in [0.25, 0.3) is 11.1 Å². The number of carbonyl (C=O) groups is 2. The van der Waals surface area contributed by atoms with Crippen LogP contribution in [-0.4, -0.2) is 24.0 Å². The molecule has 1 aromatic heterocycles. The summed E-state index contributed by atoms with van der Waals surface area (Å²) in [5.74, 6) is -0.0153. The molecule has 2 aromatic rings. The molecule has 0 spiro atoms. The molecule has 27 heavy (non-hydrogen) atoms. The van der Waals surface area contributed by atoms with Crippen LogP contribution < -0.4 is 5.32 Å². The van der Waals surface area contributed by atoms with Gasteiger partial charge in [-0.2, -0.15) is 0 Å². The maximum atomic E-state index is 12.7. The Kier molecular flexibility index (Phi) is 5.89. The van der Waals surface area contributed by atoms with Gasteiger partial charge in [-0.15, -0.1) is 0 Å². The Morgan fingerprint density at radius 2 is 1.96 bits per heavy atom. The minimum absolute atomic E-state index is 0.00831. The summed E-state index contributed by atoms with van der Waals surface area (Å²) in [7, 11) is 1.37. The highest BCUT2D eigenvalue weighted by Gasteiger charge is 2.19. The first-order valence-corrected chi connectivity index (χ1v) is 9.45. The number of hydrogen-bond donors (Lipinski definition) is 1. The fourth-order valence-corrected chi connectivity index (χ4v) is 3.45. The predicted molar refractivity (Wildman–Crippen MR) is 105 cm³/mol. The number of hydrogen-bond acceptors (Lipinski definition) is 4. The summed E-state index contributed by atoms with van der Waals surface area (Å²) in [4.78, 5) is 28.9.